The molecule has 0 aliphatic carbocycles. The third-order valence-electron chi connectivity index (χ3n) is 3.63. The van der Waals surface area contributed by atoms with Gasteiger partial charge in [-0.1, -0.05) is 25.1 Å². The van der Waals surface area contributed by atoms with E-state index in [0.29, 0.717) is 13.0 Å². The van der Waals surface area contributed by atoms with Gasteiger partial charge in [0.1, 0.15) is 0 Å². The number of aliphatic carboxylic acids is 1. The van der Waals surface area contributed by atoms with Gasteiger partial charge in [-0.3, -0.25) is 4.79 Å². The molecule has 0 radical (unpaired) electrons. The minimum Gasteiger partial charge on any atom is -0.481 e. The van der Waals surface area contributed by atoms with Gasteiger partial charge in [0.25, 0.3) is 0 Å². The van der Waals surface area contributed by atoms with Crippen molar-refractivity contribution in [2.45, 2.75) is 32.7 Å². The molecule has 3 heteroatoms. The van der Waals surface area contributed by atoms with E-state index in [1.54, 1.807) is 0 Å². The molecule has 0 amide bonds. The van der Waals surface area contributed by atoms with Gasteiger partial charge >= 0.3 is 5.97 Å². The molecule has 2 rings (SSSR count). The first-order valence-electron chi connectivity index (χ1n) is 6.17. The third kappa shape index (κ3) is 2.50. The van der Waals surface area contributed by atoms with Crippen molar-refractivity contribution in [2.24, 2.45) is 5.92 Å². The SMILES string of the molecule is CCc1ccc(C2CC(C(=O)O)CN2)cc1C. The molecule has 1 heterocycles. The quantitative estimate of drug-likeness (QED) is 0.842. The van der Waals surface area contributed by atoms with E-state index >= 15 is 0 Å². The van der Waals surface area contributed by atoms with E-state index in [2.05, 4.69) is 37.4 Å². The lowest BCUT2D eigenvalue weighted by atomic mass is 9.96. The standard InChI is InChI=1S/C14H19NO2/c1-3-10-4-5-11(6-9(10)2)13-7-12(8-15-13)14(16)17/h4-6,12-13,15H,3,7-8H2,1-2H3,(H,16,17). The number of hydrogen-bond acceptors (Lipinski definition) is 2. The van der Waals surface area contributed by atoms with E-state index in [0.717, 1.165) is 6.42 Å². The Morgan fingerprint density at radius 3 is 2.82 bits per heavy atom. The minimum atomic E-state index is -0.693. The highest BCUT2D eigenvalue weighted by atomic mass is 16.4. The van der Waals surface area contributed by atoms with Gasteiger partial charge in [0.05, 0.1) is 5.92 Å². The fourth-order valence-electron chi connectivity index (χ4n) is 2.51. The van der Waals surface area contributed by atoms with Crippen LogP contribution in [0.25, 0.3) is 0 Å². The molecule has 2 N–H and O–H groups in total. The third-order valence-corrected chi connectivity index (χ3v) is 3.63. The van der Waals surface area contributed by atoms with Crippen LogP contribution in [0.5, 0.6) is 0 Å². The Morgan fingerprint density at radius 2 is 2.29 bits per heavy atom. The summed E-state index contributed by atoms with van der Waals surface area (Å²) in [5.74, 6) is -0.937. The maximum absolute atomic E-state index is 10.9. The van der Waals surface area contributed by atoms with Gasteiger partial charge in [-0.2, -0.15) is 0 Å². The summed E-state index contributed by atoms with van der Waals surface area (Å²) in [6.07, 6.45) is 1.74. The zero-order chi connectivity index (χ0) is 12.4. The summed E-state index contributed by atoms with van der Waals surface area (Å²) >= 11 is 0. The van der Waals surface area contributed by atoms with Crippen LogP contribution in [0.1, 0.15) is 36.1 Å². The van der Waals surface area contributed by atoms with Crippen LogP contribution >= 0.6 is 0 Å². The van der Waals surface area contributed by atoms with E-state index in [1.807, 2.05) is 0 Å². The summed E-state index contributed by atoms with van der Waals surface area (Å²) < 4.78 is 0. The highest BCUT2D eigenvalue weighted by molar-refractivity contribution is 5.70. The number of carboxylic acids is 1. The largest absolute Gasteiger partial charge is 0.481 e. The maximum Gasteiger partial charge on any atom is 0.307 e. The summed E-state index contributed by atoms with van der Waals surface area (Å²) in [5.41, 5.74) is 3.87. The van der Waals surface area contributed by atoms with E-state index in [1.165, 1.54) is 16.7 Å². The zero-order valence-corrected chi connectivity index (χ0v) is 10.4. The second kappa shape index (κ2) is 4.88. The second-order valence-electron chi connectivity index (χ2n) is 4.77. The van der Waals surface area contributed by atoms with Crippen molar-refractivity contribution in [2.75, 3.05) is 6.54 Å². The van der Waals surface area contributed by atoms with Gasteiger partial charge in [-0.05, 0) is 36.5 Å². The summed E-state index contributed by atoms with van der Waals surface area (Å²) in [5, 5.41) is 12.3. The highest BCUT2D eigenvalue weighted by Crippen LogP contribution is 2.28. The average molecular weight is 233 g/mol. The first-order chi connectivity index (χ1) is 8.11. The smallest absolute Gasteiger partial charge is 0.307 e. The van der Waals surface area contributed by atoms with Crippen LogP contribution in [-0.4, -0.2) is 17.6 Å². The molecule has 1 aromatic carbocycles. The summed E-state index contributed by atoms with van der Waals surface area (Å²) in [7, 11) is 0. The van der Waals surface area contributed by atoms with Crippen LogP contribution in [0, 0.1) is 12.8 Å². The molecule has 0 aromatic heterocycles. The lowest BCUT2D eigenvalue weighted by Crippen LogP contribution is -2.17. The molecule has 0 bridgehead atoms. The van der Waals surface area contributed by atoms with Crippen LogP contribution in [-0.2, 0) is 11.2 Å². The molecule has 0 saturated carbocycles. The van der Waals surface area contributed by atoms with Gasteiger partial charge < -0.3 is 10.4 Å². The molecule has 2 unspecified atom stereocenters. The van der Waals surface area contributed by atoms with Crippen LogP contribution in [0.15, 0.2) is 18.2 Å². The molecular formula is C14H19NO2. The minimum absolute atomic E-state index is 0.195. The van der Waals surface area contributed by atoms with Gasteiger partial charge in [-0.15, -0.1) is 0 Å². The molecule has 1 fully saturated rings. The van der Waals surface area contributed by atoms with Gasteiger partial charge in [-0.25, -0.2) is 0 Å². The summed E-state index contributed by atoms with van der Waals surface area (Å²) in [6.45, 7) is 4.84. The number of rotatable bonds is 3. The van der Waals surface area contributed by atoms with Crippen LogP contribution in [0.2, 0.25) is 0 Å². The van der Waals surface area contributed by atoms with E-state index < -0.39 is 5.97 Å². The van der Waals surface area contributed by atoms with Crippen LogP contribution in [0.4, 0.5) is 0 Å². The Kier molecular flexibility index (Phi) is 3.48. The predicted molar refractivity (Wildman–Crippen MR) is 67.0 cm³/mol. The Bertz CT molecular complexity index is 428. The fraction of sp³-hybridized carbons (Fsp3) is 0.500. The Labute approximate surface area is 102 Å². The lowest BCUT2D eigenvalue weighted by Gasteiger charge is -2.13. The normalized spacial score (nSPS) is 23.9. The first kappa shape index (κ1) is 12.1. The molecule has 1 saturated heterocycles. The van der Waals surface area contributed by atoms with Crippen molar-refractivity contribution in [3.63, 3.8) is 0 Å². The van der Waals surface area contributed by atoms with Crippen LogP contribution in [0.3, 0.4) is 0 Å². The fourth-order valence-corrected chi connectivity index (χ4v) is 2.51. The van der Waals surface area contributed by atoms with Gasteiger partial charge in [0, 0.05) is 12.6 Å². The first-order valence-corrected chi connectivity index (χ1v) is 6.17. The number of aryl methyl sites for hydroxylation is 2. The van der Waals surface area contributed by atoms with Crippen molar-refractivity contribution in [3.05, 3.63) is 34.9 Å². The van der Waals surface area contributed by atoms with Crippen molar-refractivity contribution < 1.29 is 9.90 Å². The highest BCUT2D eigenvalue weighted by Gasteiger charge is 2.30. The summed E-state index contributed by atoms with van der Waals surface area (Å²) in [4.78, 5) is 10.9. The van der Waals surface area contributed by atoms with Crippen molar-refractivity contribution >= 4 is 5.97 Å². The van der Waals surface area contributed by atoms with E-state index in [4.69, 9.17) is 5.11 Å². The molecule has 3 nitrogen and oxygen atoms in total. The molecule has 92 valence electrons. The molecular weight excluding hydrogens is 214 g/mol. The zero-order valence-electron chi connectivity index (χ0n) is 10.4. The van der Waals surface area contributed by atoms with Crippen molar-refractivity contribution in [1.82, 2.24) is 5.32 Å². The number of nitrogens with one attached hydrogen (secondary N) is 1. The number of hydrogen-bond donors (Lipinski definition) is 2. The predicted octanol–water partition coefficient (Wildman–Crippen LogP) is 2.29. The molecule has 1 aromatic rings. The monoisotopic (exact) mass is 233 g/mol. The average Bonchev–Trinajstić information content (AvgIpc) is 2.78. The maximum atomic E-state index is 10.9. The number of carboxylic acid groups (broad SMARTS) is 1. The molecule has 1 aliphatic heterocycles. The Balaban J connectivity index is 2.14. The molecule has 1 aliphatic rings. The Morgan fingerprint density at radius 1 is 1.53 bits per heavy atom. The molecule has 17 heavy (non-hydrogen) atoms. The molecule has 0 spiro atoms. The second-order valence-corrected chi connectivity index (χ2v) is 4.77. The van der Waals surface area contributed by atoms with E-state index in [-0.39, 0.29) is 12.0 Å². The lowest BCUT2D eigenvalue weighted by molar-refractivity contribution is -0.141. The van der Waals surface area contributed by atoms with Crippen molar-refractivity contribution in [1.29, 1.82) is 0 Å². The van der Waals surface area contributed by atoms with Gasteiger partial charge in [0.2, 0.25) is 0 Å². The van der Waals surface area contributed by atoms with Crippen molar-refractivity contribution in [3.8, 4) is 0 Å². The topological polar surface area (TPSA) is 49.3 Å². The van der Waals surface area contributed by atoms with Gasteiger partial charge in [0.15, 0.2) is 0 Å². The van der Waals surface area contributed by atoms with E-state index in [9.17, 15) is 4.79 Å². The van der Waals surface area contributed by atoms with Crippen LogP contribution < -0.4 is 5.32 Å². The summed E-state index contributed by atoms with van der Waals surface area (Å²) in [6, 6.07) is 6.65. The molecule has 2 atom stereocenters. The Hall–Kier alpha value is -1.35. The number of carbonyl (C=O) groups is 1. The number of benzene rings is 1.